The van der Waals surface area contributed by atoms with Crippen LogP contribution in [0, 0.1) is 0 Å². The number of carboxylic acids is 1. The van der Waals surface area contributed by atoms with Gasteiger partial charge in [-0.25, -0.2) is 4.79 Å². The molecule has 2 atom stereocenters. The third kappa shape index (κ3) is 3.63. The van der Waals surface area contributed by atoms with Crippen LogP contribution >= 0.6 is 11.8 Å². The van der Waals surface area contributed by atoms with Gasteiger partial charge in [-0.05, 0) is 13.3 Å². The maximum absolute atomic E-state index is 12.0. The van der Waals surface area contributed by atoms with E-state index in [-0.39, 0.29) is 11.3 Å². The molecule has 4 nitrogen and oxygen atoms in total. The highest BCUT2D eigenvalue weighted by Crippen LogP contribution is 2.32. The lowest BCUT2D eigenvalue weighted by molar-refractivity contribution is -0.147. The number of hydrogen-bond acceptors (Lipinski definition) is 3. The van der Waals surface area contributed by atoms with Gasteiger partial charge >= 0.3 is 5.97 Å². The number of allylic oxidation sites excluding steroid dienone is 3. The van der Waals surface area contributed by atoms with Gasteiger partial charge in [-0.1, -0.05) is 31.6 Å². The van der Waals surface area contributed by atoms with E-state index < -0.39 is 12.0 Å². The number of rotatable bonds is 5. The van der Waals surface area contributed by atoms with E-state index in [1.54, 1.807) is 23.9 Å². The Kier molecular flexibility index (Phi) is 5.98. The summed E-state index contributed by atoms with van der Waals surface area (Å²) in [5.41, 5.74) is 0. The highest BCUT2D eigenvalue weighted by Gasteiger charge is 2.40. The number of nitrogens with zero attached hydrogens (tertiary/aromatic N) is 1. The van der Waals surface area contributed by atoms with E-state index in [0.717, 1.165) is 12.8 Å². The molecule has 1 heterocycles. The molecule has 0 aromatic heterocycles. The van der Waals surface area contributed by atoms with Gasteiger partial charge in [0.05, 0.1) is 5.37 Å². The molecule has 0 spiro atoms. The minimum Gasteiger partial charge on any atom is -0.480 e. The summed E-state index contributed by atoms with van der Waals surface area (Å²) in [5.74, 6) is -0.665. The molecular weight excluding hydrogens is 250 g/mol. The van der Waals surface area contributed by atoms with Crippen LogP contribution in [0.15, 0.2) is 24.3 Å². The molecule has 1 fully saturated rings. The van der Waals surface area contributed by atoms with Crippen LogP contribution in [0.1, 0.15) is 26.7 Å². The molecule has 0 bridgehead atoms. The van der Waals surface area contributed by atoms with E-state index in [1.807, 2.05) is 19.9 Å². The Balaban J connectivity index is 2.82. The van der Waals surface area contributed by atoms with Gasteiger partial charge in [0.25, 0.3) is 0 Å². The van der Waals surface area contributed by atoms with Crippen LogP contribution in [-0.4, -0.2) is 39.1 Å². The van der Waals surface area contributed by atoms with Gasteiger partial charge in [-0.2, -0.15) is 0 Å². The first-order chi connectivity index (χ1) is 8.61. The van der Waals surface area contributed by atoms with Gasteiger partial charge in [0, 0.05) is 11.8 Å². The SMILES string of the molecule is CC=CC=CC(=O)N1C(CCC)SCC1C(=O)O. The Labute approximate surface area is 112 Å². The second kappa shape index (κ2) is 7.26. The number of carboxylic acid groups (broad SMARTS) is 1. The van der Waals surface area contributed by atoms with E-state index >= 15 is 0 Å². The molecule has 1 N–H and O–H groups in total. The minimum atomic E-state index is -0.922. The van der Waals surface area contributed by atoms with Crippen molar-refractivity contribution in [3.63, 3.8) is 0 Å². The summed E-state index contributed by atoms with van der Waals surface area (Å²) < 4.78 is 0. The first-order valence-electron chi connectivity index (χ1n) is 6.07. The summed E-state index contributed by atoms with van der Waals surface area (Å²) in [5, 5.41) is 9.13. The minimum absolute atomic E-state index is 0.0149. The molecule has 18 heavy (non-hydrogen) atoms. The molecule has 0 aliphatic carbocycles. The van der Waals surface area contributed by atoms with Crippen LogP contribution in [0.4, 0.5) is 0 Å². The highest BCUT2D eigenvalue weighted by molar-refractivity contribution is 8.00. The first kappa shape index (κ1) is 14.8. The van der Waals surface area contributed by atoms with E-state index in [1.165, 1.54) is 11.0 Å². The van der Waals surface area contributed by atoms with Crippen LogP contribution in [0.3, 0.4) is 0 Å². The second-order valence-electron chi connectivity index (χ2n) is 4.06. The molecule has 1 rings (SSSR count). The van der Waals surface area contributed by atoms with Gasteiger partial charge in [0.2, 0.25) is 5.91 Å². The second-order valence-corrected chi connectivity index (χ2v) is 5.27. The molecule has 1 aliphatic heterocycles. The molecule has 1 aliphatic rings. The first-order valence-corrected chi connectivity index (χ1v) is 7.12. The summed E-state index contributed by atoms with van der Waals surface area (Å²) in [7, 11) is 0. The summed E-state index contributed by atoms with van der Waals surface area (Å²) in [6, 6.07) is -0.700. The van der Waals surface area contributed by atoms with Crippen LogP contribution in [0.5, 0.6) is 0 Å². The fourth-order valence-electron chi connectivity index (χ4n) is 1.85. The fraction of sp³-hybridized carbons (Fsp3) is 0.538. The Morgan fingerprint density at radius 3 is 2.72 bits per heavy atom. The molecule has 100 valence electrons. The molecule has 0 aromatic rings. The molecule has 1 amide bonds. The van der Waals surface area contributed by atoms with E-state index in [0.29, 0.717) is 5.75 Å². The van der Waals surface area contributed by atoms with Crippen molar-refractivity contribution >= 4 is 23.6 Å². The Morgan fingerprint density at radius 2 is 2.17 bits per heavy atom. The fourth-order valence-corrected chi connectivity index (χ4v) is 3.38. The average molecular weight is 269 g/mol. The third-order valence-corrected chi connectivity index (χ3v) is 4.07. The Hall–Kier alpha value is -1.23. The molecule has 0 saturated carbocycles. The van der Waals surface area contributed by atoms with Crippen LogP contribution in [0.2, 0.25) is 0 Å². The zero-order valence-electron chi connectivity index (χ0n) is 10.7. The van der Waals surface area contributed by atoms with Crippen molar-refractivity contribution in [1.82, 2.24) is 4.90 Å². The predicted molar refractivity (Wildman–Crippen MR) is 73.4 cm³/mol. The van der Waals surface area contributed by atoms with Crippen molar-refractivity contribution in [2.45, 2.75) is 38.1 Å². The van der Waals surface area contributed by atoms with Gasteiger partial charge in [-0.15, -0.1) is 11.8 Å². The van der Waals surface area contributed by atoms with Crippen LogP contribution < -0.4 is 0 Å². The summed E-state index contributed by atoms with van der Waals surface area (Å²) in [4.78, 5) is 24.7. The van der Waals surface area contributed by atoms with E-state index in [9.17, 15) is 9.59 Å². The van der Waals surface area contributed by atoms with Gasteiger partial charge in [0.1, 0.15) is 6.04 Å². The molecule has 0 aromatic carbocycles. The zero-order chi connectivity index (χ0) is 13.5. The zero-order valence-corrected chi connectivity index (χ0v) is 11.5. The molecule has 1 saturated heterocycles. The third-order valence-electron chi connectivity index (χ3n) is 2.71. The quantitative estimate of drug-likeness (QED) is 0.614. The molecule has 5 heteroatoms. The number of aliphatic carboxylic acids is 1. The number of amides is 1. The van der Waals surface area contributed by atoms with E-state index in [2.05, 4.69) is 0 Å². The number of hydrogen-bond donors (Lipinski definition) is 1. The lowest BCUT2D eigenvalue weighted by atomic mass is 10.2. The topological polar surface area (TPSA) is 57.6 Å². The van der Waals surface area contributed by atoms with Crippen molar-refractivity contribution in [3.05, 3.63) is 24.3 Å². The monoisotopic (exact) mass is 269 g/mol. The highest BCUT2D eigenvalue weighted by atomic mass is 32.2. The molecular formula is C13H19NO3S. The Bertz CT molecular complexity index is 365. The summed E-state index contributed by atoms with van der Waals surface area (Å²) in [6.45, 7) is 3.90. The van der Waals surface area contributed by atoms with Crippen molar-refractivity contribution in [2.24, 2.45) is 0 Å². The largest absolute Gasteiger partial charge is 0.480 e. The number of carbonyl (C=O) groups excluding carboxylic acids is 1. The average Bonchev–Trinajstić information content (AvgIpc) is 2.73. The normalized spacial score (nSPS) is 24.2. The van der Waals surface area contributed by atoms with Gasteiger partial charge in [0.15, 0.2) is 0 Å². The summed E-state index contributed by atoms with van der Waals surface area (Å²) in [6.07, 6.45) is 8.42. The molecule has 2 unspecified atom stereocenters. The van der Waals surface area contributed by atoms with Crippen molar-refractivity contribution in [1.29, 1.82) is 0 Å². The van der Waals surface area contributed by atoms with E-state index in [4.69, 9.17) is 5.11 Å². The van der Waals surface area contributed by atoms with Crippen molar-refractivity contribution in [3.8, 4) is 0 Å². The number of thioether (sulfide) groups is 1. The predicted octanol–water partition coefficient (Wildman–Crippen LogP) is 2.27. The maximum Gasteiger partial charge on any atom is 0.327 e. The smallest absolute Gasteiger partial charge is 0.327 e. The lowest BCUT2D eigenvalue weighted by Crippen LogP contribution is -2.44. The van der Waals surface area contributed by atoms with Crippen molar-refractivity contribution < 1.29 is 14.7 Å². The summed E-state index contributed by atoms with van der Waals surface area (Å²) >= 11 is 1.55. The number of carbonyl (C=O) groups is 2. The van der Waals surface area contributed by atoms with Gasteiger partial charge < -0.3 is 10.0 Å². The van der Waals surface area contributed by atoms with Gasteiger partial charge in [-0.3, -0.25) is 4.79 Å². The standard InChI is InChI=1S/C13H19NO3S/c1-3-5-6-8-11(15)14-10(13(16)17)9-18-12(14)7-4-2/h3,5-6,8,10,12H,4,7,9H2,1-2H3,(H,16,17). The lowest BCUT2D eigenvalue weighted by Gasteiger charge is -2.25. The van der Waals surface area contributed by atoms with Crippen LogP contribution in [-0.2, 0) is 9.59 Å². The molecule has 0 radical (unpaired) electrons. The Morgan fingerprint density at radius 1 is 1.44 bits per heavy atom. The van der Waals surface area contributed by atoms with Crippen LogP contribution in [0.25, 0.3) is 0 Å². The van der Waals surface area contributed by atoms with Crippen molar-refractivity contribution in [2.75, 3.05) is 5.75 Å². The maximum atomic E-state index is 12.0.